The van der Waals surface area contributed by atoms with Crippen molar-refractivity contribution in [2.75, 3.05) is 11.9 Å². The summed E-state index contributed by atoms with van der Waals surface area (Å²) in [7, 11) is 0. The van der Waals surface area contributed by atoms with E-state index in [0.29, 0.717) is 22.6 Å². The Kier molecular flexibility index (Phi) is 5.07. The predicted molar refractivity (Wildman–Crippen MR) is 86.0 cm³/mol. The molecule has 0 radical (unpaired) electrons. The van der Waals surface area contributed by atoms with Crippen LogP contribution in [-0.2, 0) is 6.54 Å². The third-order valence-electron chi connectivity index (χ3n) is 2.55. The Hall–Kier alpha value is -0.780. The van der Waals surface area contributed by atoms with E-state index in [1.165, 1.54) is 0 Å². The number of hydrogen-bond donors (Lipinski definition) is 1. The van der Waals surface area contributed by atoms with Crippen LogP contribution in [0, 0.1) is 0 Å². The highest BCUT2D eigenvalue weighted by Gasteiger charge is 2.03. The van der Waals surface area contributed by atoms with Crippen LogP contribution in [-0.4, -0.2) is 11.1 Å². The highest BCUT2D eigenvalue weighted by atomic mass is 79.9. The molecule has 3 nitrogen and oxygen atoms in total. The van der Waals surface area contributed by atoms with E-state index >= 15 is 0 Å². The number of para-hydroxylation sites is 1. The van der Waals surface area contributed by atoms with Crippen molar-refractivity contribution in [3.8, 4) is 0 Å². The lowest BCUT2D eigenvalue weighted by molar-refractivity contribution is 0.692. The van der Waals surface area contributed by atoms with Crippen molar-refractivity contribution in [2.24, 2.45) is 0 Å². The lowest BCUT2D eigenvalue weighted by Crippen LogP contribution is -2.23. The molecule has 1 N–H and O–H groups in total. The predicted octanol–water partition coefficient (Wildman–Crippen LogP) is 4.14. The molecule has 6 heteroatoms. The van der Waals surface area contributed by atoms with Gasteiger partial charge in [-0.25, -0.2) is 0 Å². The minimum atomic E-state index is -0.0517. The van der Waals surface area contributed by atoms with Crippen LogP contribution in [0.1, 0.15) is 0 Å². The first-order valence-corrected chi connectivity index (χ1v) is 7.58. The molecule has 0 fully saturated rings. The van der Waals surface area contributed by atoms with Gasteiger partial charge in [0.1, 0.15) is 0 Å². The third kappa shape index (κ3) is 3.84. The molecule has 100 valence electrons. The van der Waals surface area contributed by atoms with Crippen molar-refractivity contribution >= 4 is 49.1 Å². The summed E-state index contributed by atoms with van der Waals surface area (Å²) in [5, 5.41) is 3.88. The molecule has 0 saturated carbocycles. The fourth-order valence-corrected chi connectivity index (χ4v) is 3.11. The number of nitrogens with one attached hydrogen (secondary N) is 1. The topological polar surface area (TPSA) is 34.0 Å². The second kappa shape index (κ2) is 6.59. The summed E-state index contributed by atoms with van der Waals surface area (Å²) >= 11 is 12.6. The largest absolute Gasteiger partial charge is 0.382 e. The van der Waals surface area contributed by atoms with E-state index in [4.69, 9.17) is 11.6 Å². The molecule has 0 saturated heterocycles. The molecule has 0 amide bonds. The molecule has 2 rings (SSSR count). The maximum atomic E-state index is 11.9. The zero-order valence-electron chi connectivity index (χ0n) is 9.87. The van der Waals surface area contributed by atoms with Crippen molar-refractivity contribution in [1.82, 2.24) is 4.57 Å². The first-order chi connectivity index (χ1) is 9.08. The van der Waals surface area contributed by atoms with Crippen LogP contribution in [0.2, 0.25) is 5.02 Å². The second-order valence-electron chi connectivity index (χ2n) is 3.91. The van der Waals surface area contributed by atoms with Gasteiger partial charge in [-0.15, -0.1) is 0 Å². The molecule has 0 bridgehead atoms. The average Bonchev–Trinajstić information content (AvgIpc) is 2.37. The van der Waals surface area contributed by atoms with Crippen molar-refractivity contribution in [2.45, 2.75) is 6.54 Å². The van der Waals surface area contributed by atoms with Gasteiger partial charge in [0.05, 0.1) is 15.2 Å². The van der Waals surface area contributed by atoms with Gasteiger partial charge in [-0.3, -0.25) is 4.79 Å². The third-order valence-corrected chi connectivity index (χ3v) is 3.88. The number of halogens is 3. The average molecular weight is 407 g/mol. The van der Waals surface area contributed by atoms with Crippen LogP contribution in [0.4, 0.5) is 5.69 Å². The van der Waals surface area contributed by atoms with Crippen molar-refractivity contribution in [1.29, 1.82) is 0 Å². The quantitative estimate of drug-likeness (QED) is 0.828. The van der Waals surface area contributed by atoms with Crippen LogP contribution >= 0.6 is 43.5 Å². The van der Waals surface area contributed by atoms with Gasteiger partial charge in [-0.05, 0) is 50.1 Å². The fraction of sp³-hybridized carbons (Fsp3) is 0.154. The Bertz CT molecular complexity index is 643. The van der Waals surface area contributed by atoms with Crippen molar-refractivity contribution in [3.63, 3.8) is 0 Å². The molecular weight excluding hydrogens is 395 g/mol. The van der Waals surface area contributed by atoms with E-state index in [-0.39, 0.29) is 5.56 Å². The van der Waals surface area contributed by atoms with Crippen LogP contribution < -0.4 is 10.9 Å². The van der Waals surface area contributed by atoms with E-state index < -0.39 is 0 Å². The number of anilines is 1. The minimum Gasteiger partial charge on any atom is -0.382 e. The summed E-state index contributed by atoms with van der Waals surface area (Å²) in [5.41, 5.74) is 0.815. The Morgan fingerprint density at radius 1 is 1.26 bits per heavy atom. The summed E-state index contributed by atoms with van der Waals surface area (Å²) in [6.45, 7) is 1.18. The molecule has 19 heavy (non-hydrogen) atoms. The van der Waals surface area contributed by atoms with Crippen LogP contribution in [0.15, 0.2) is 50.3 Å². The molecular formula is C13H11Br2ClN2O. The van der Waals surface area contributed by atoms with E-state index in [1.54, 1.807) is 16.8 Å². The zero-order chi connectivity index (χ0) is 13.8. The Morgan fingerprint density at radius 3 is 2.74 bits per heavy atom. The molecule has 0 spiro atoms. The molecule has 0 aliphatic heterocycles. The summed E-state index contributed by atoms with van der Waals surface area (Å²) < 4.78 is 3.04. The summed E-state index contributed by atoms with van der Waals surface area (Å²) in [5.74, 6) is 0. The monoisotopic (exact) mass is 404 g/mol. The standard InChI is InChI=1S/C13H11Br2ClN2O/c14-9-7-10(15)13(19)18(8-9)6-5-17-12-4-2-1-3-11(12)16/h1-4,7-8,17H,5-6H2. The normalized spacial score (nSPS) is 10.5. The zero-order valence-corrected chi connectivity index (χ0v) is 13.8. The van der Waals surface area contributed by atoms with E-state index in [1.807, 2.05) is 24.3 Å². The molecule has 1 aromatic heterocycles. The maximum Gasteiger partial charge on any atom is 0.264 e. The highest BCUT2D eigenvalue weighted by Crippen LogP contribution is 2.20. The number of aromatic nitrogens is 1. The molecule has 0 aliphatic rings. The molecule has 2 aromatic rings. The minimum absolute atomic E-state index is 0.0517. The van der Waals surface area contributed by atoms with Gasteiger partial charge in [0.25, 0.3) is 5.56 Å². The Balaban J connectivity index is 2.04. The van der Waals surface area contributed by atoms with Gasteiger partial charge < -0.3 is 9.88 Å². The number of rotatable bonds is 4. The summed E-state index contributed by atoms with van der Waals surface area (Å²) in [4.78, 5) is 11.9. The van der Waals surface area contributed by atoms with E-state index in [0.717, 1.165) is 10.2 Å². The molecule has 0 atom stereocenters. The number of hydrogen-bond acceptors (Lipinski definition) is 2. The smallest absolute Gasteiger partial charge is 0.264 e. The number of pyridine rings is 1. The van der Waals surface area contributed by atoms with Gasteiger partial charge in [-0.1, -0.05) is 23.7 Å². The SMILES string of the molecule is O=c1c(Br)cc(Br)cn1CCNc1ccccc1Cl. The Morgan fingerprint density at radius 2 is 2.00 bits per heavy atom. The van der Waals surface area contributed by atoms with Crippen LogP contribution in [0.25, 0.3) is 0 Å². The van der Waals surface area contributed by atoms with Gasteiger partial charge in [0.15, 0.2) is 0 Å². The molecule has 1 heterocycles. The lowest BCUT2D eigenvalue weighted by Gasteiger charge is -2.10. The van der Waals surface area contributed by atoms with Gasteiger partial charge in [0.2, 0.25) is 0 Å². The number of benzene rings is 1. The van der Waals surface area contributed by atoms with E-state index in [9.17, 15) is 4.79 Å². The van der Waals surface area contributed by atoms with Gasteiger partial charge >= 0.3 is 0 Å². The molecule has 0 unspecified atom stereocenters. The van der Waals surface area contributed by atoms with Crippen molar-refractivity contribution < 1.29 is 0 Å². The molecule has 1 aromatic carbocycles. The van der Waals surface area contributed by atoms with Gasteiger partial charge in [0, 0.05) is 23.8 Å². The first-order valence-electron chi connectivity index (χ1n) is 5.62. The van der Waals surface area contributed by atoms with E-state index in [2.05, 4.69) is 37.2 Å². The van der Waals surface area contributed by atoms with Crippen LogP contribution in [0.3, 0.4) is 0 Å². The van der Waals surface area contributed by atoms with Gasteiger partial charge in [-0.2, -0.15) is 0 Å². The second-order valence-corrected chi connectivity index (χ2v) is 6.09. The maximum absolute atomic E-state index is 11.9. The Labute approximate surface area is 132 Å². The highest BCUT2D eigenvalue weighted by molar-refractivity contribution is 9.11. The van der Waals surface area contributed by atoms with Crippen LogP contribution in [0.5, 0.6) is 0 Å². The summed E-state index contributed by atoms with van der Waals surface area (Å²) in [6, 6.07) is 9.26. The fourth-order valence-electron chi connectivity index (χ4n) is 1.65. The molecule has 0 aliphatic carbocycles. The number of nitrogens with zero attached hydrogens (tertiary/aromatic N) is 1. The first kappa shape index (κ1) is 14.6. The summed E-state index contributed by atoms with van der Waals surface area (Å²) in [6.07, 6.45) is 1.77. The van der Waals surface area contributed by atoms with Crippen molar-refractivity contribution in [3.05, 3.63) is 60.9 Å². The lowest BCUT2D eigenvalue weighted by atomic mass is 10.3.